The van der Waals surface area contributed by atoms with Gasteiger partial charge in [-0.1, -0.05) is 77.9 Å². The van der Waals surface area contributed by atoms with Gasteiger partial charge in [-0.15, -0.1) is 0 Å². The van der Waals surface area contributed by atoms with Crippen molar-refractivity contribution in [1.82, 2.24) is 0 Å². The average molecular weight is 381 g/mol. The average Bonchev–Trinajstić information content (AvgIpc) is 2.59. The predicted molar refractivity (Wildman–Crippen MR) is 118 cm³/mol. The van der Waals surface area contributed by atoms with Crippen LogP contribution >= 0.6 is 0 Å². The van der Waals surface area contributed by atoms with Gasteiger partial charge in [0.1, 0.15) is 18.6 Å². The molecule has 0 amide bonds. The minimum Gasteiger partial charge on any atom is -0.488 e. The Bertz CT molecular complexity index is 741. The lowest BCUT2D eigenvalue weighted by Gasteiger charge is -2.21. The monoisotopic (exact) mass is 380 g/mol. The van der Waals surface area contributed by atoms with Gasteiger partial charge in [-0.2, -0.15) is 0 Å². The molecular formula is C26H36O2. The molecule has 0 N–H and O–H groups in total. The standard InChI is InChI=1S/C26H36O2/c1-18(2)11-21-14-24(12-19(3)4)26(25(15-21)13-20(5)6)28-17-23-10-8-7-9-22(23)16-27/h7-10,14-16,18-20H,11-13,17H2,1-6H3. The molecule has 0 atom stereocenters. The van der Waals surface area contributed by atoms with E-state index in [2.05, 4.69) is 53.7 Å². The van der Waals surface area contributed by atoms with Crippen LogP contribution in [0.4, 0.5) is 0 Å². The van der Waals surface area contributed by atoms with Gasteiger partial charge in [0.25, 0.3) is 0 Å². The Hall–Kier alpha value is -2.09. The maximum atomic E-state index is 11.4. The number of benzene rings is 2. The molecule has 0 unspecified atom stereocenters. The van der Waals surface area contributed by atoms with Crippen molar-refractivity contribution in [2.45, 2.75) is 67.4 Å². The highest BCUT2D eigenvalue weighted by Crippen LogP contribution is 2.32. The smallest absolute Gasteiger partial charge is 0.150 e. The Kier molecular flexibility index (Phi) is 8.29. The van der Waals surface area contributed by atoms with E-state index in [4.69, 9.17) is 4.74 Å². The van der Waals surface area contributed by atoms with Crippen molar-refractivity contribution in [2.75, 3.05) is 0 Å². The number of carbonyl (C=O) groups excluding carboxylic acids is 1. The molecule has 0 aromatic heterocycles. The van der Waals surface area contributed by atoms with Crippen LogP contribution in [0.2, 0.25) is 0 Å². The van der Waals surface area contributed by atoms with Crippen LogP contribution in [0.3, 0.4) is 0 Å². The molecule has 0 bridgehead atoms. The van der Waals surface area contributed by atoms with Gasteiger partial charge in [0.2, 0.25) is 0 Å². The predicted octanol–water partition coefficient (Wildman–Crippen LogP) is 6.67. The third kappa shape index (κ3) is 6.51. The number of carbonyl (C=O) groups is 1. The second-order valence-electron chi connectivity index (χ2n) is 9.14. The highest BCUT2D eigenvalue weighted by atomic mass is 16.5. The molecule has 0 radical (unpaired) electrons. The number of hydrogen-bond donors (Lipinski definition) is 0. The van der Waals surface area contributed by atoms with Crippen LogP contribution in [0.5, 0.6) is 5.75 Å². The summed E-state index contributed by atoms with van der Waals surface area (Å²) in [4.78, 5) is 11.4. The highest BCUT2D eigenvalue weighted by molar-refractivity contribution is 5.77. The molecule has 0 aliphatic carbocycles. The van der Waals surface area contributed by atoms with E-state index in [1.54, 1.807) is 0 Å². The van der Waals surface area contributed by atoms with Gasteiger partial charge in [0.15, 0.2) is 0 Å². The van der Waals surface area contributed by atoms with E-state index < -0.39 is 0 Å². The van der Waals surface area contributed by atoms with Crippen LogP contribution in [-0.4, -0.2) is 6.29 Å². The molecule has 28 heavy (non-hydrogen) atoms. The van der Waals surface area contributed by atoms with E-state index in [0.29, 0.717) is 29.9 Å². The first-order chi connectivity index (χ1) is 13.3. The lowest BCUT2D eigenvalue weighted by atomic mass is 9.90. The second-order valence-corrected chi connectivity index (χ2v) is 9.14. The first kappa shape index (κ1) is 22.2. The molecule has 2 nitrogen and oxygen atoms in total. The van der Waals surface area contributed by atoms with Crippen molar-refractivity contribution < 1.29 is 9.53 Å². The Morgan fingerprint density at radius 3 is 1.82 bits per heavy atom. The Balaban J connectivity index is 2.43. The van der Waals surface area contributed by atoms with Crippen LogP contribution in [0, 0.1) is 17.8 Å². The summed E-state index contributed by atoms with van der Waals surface area (Å²) in [6.45, 7) is 14.0. The SMILES string of the molecule is CC(C)Cc1cc(CC(C)C)c(OCc2ccccc2C=O)c(CC(C)C)c1. The van der Waals surface area contributed by atoms with Crippen molar-refractivity contribution in [3.63, 3.8) is 0 Å². The molecule has 0 heterocycles. The fraction of sp³-hybridized carbons (Fsp3) is 0.500. The summed E-state index contributed by atoms with van der Waals surface area (Å²) >= 11 is 0. The third-order valence-electron chi connectivity index (χ3n) is 4.76. The summed E-state index contributed by atoms with van der Waals surface area (Å²) in [6.07, 6.45) is 4.00. The van der Waals surface area contributed by atoms with Crippen molar-refractivity contribution in [3.05, 3.63) is 64.2 Å². The summed E-state index contributed by atoms with van der Waals surface area (Å²) in [6, 6.07) is 12.3. The zero-order chi connectivity index (χ0) is 20.7. The summed E-state index contributed by atoms with van der Waals surface area (Å²) in [5.74, 6) is 2.78. The minimum absolute atomic E-state index is 0.425. The molecule has 152 valence electrons. The number of rotatable bonds is 10. The van der Waals surface area contributed by atoms with E-state index in [-0.39, 0.29) is 0 Å². The third-order valence-corrected chi connectivity index (χ3v) is 4.76. The van der Waals surface area contributed by atoms with E-state index in [9.17, 15) is 4.79 Å². The summed E-state index contributed by atoms with van der Waals surface area (Å²) < 4.78 is 6.40. The van der Waals surface area contributed by atoms with Gasteiger partial charge < -0.3 is 4.74 Å². The summed E-state index contributed by atoms with van der Waals surface area (Å²) in [5, 5.41) is 0. The fourth-order valence-corrected chi connectivity index (χ4v) is 3.71. The zero-order valence-corrected chi connectivity index (χ0v) is 18.4. The molecule has 0 aliphatic rings. The van der Waals surface area contributed by atoms with Gasteiger partial charge in [-0.05, 0) is 59.3 Å². The molecule has 0 aliphatic heterocycles. The number of ether oxygens (including phenoxy) is 1. The minimum atomic E-state index is 0.425. The highest BCUT2D eigenvalue weighted by Gasteiger charge is 2.16. The molecule has 0 spiro atoms. The van der Waals surface area contributed by atoms with Crippen LogP contribution in [-0.2, 0) is 25.9 Å². The summed E-state index contributed by atoms with van der Waals surface area (Å²) in [7, 11) is 0. The lowest BCUT2D eigenvalue weighted by molar-refractivity contribution is 0.112. The van der Waals surface area contributed by atoms with E-state index in [1.807, 2.05) is 24.3 Å². The lowest BCUT2D eigenvalue weighted by Crippen LogP contribution is -2.09. The summed E-state index contributed by atoms with van der Waals surface area (Å²) in [5.41, 5.74) is 5.64. The second kappa shape index (κ2) is 10.5. The van der Waals surface area contributed by atoms with Crippen LogP contribution < -0.4 is 4.74 Å². The first-order valence-corrected chi connectivity index (χ1v) is 10.6. The van der Waals surface area contributed by atoms with Crippen molar-refractivity contribution in [2.24, 2.45) is 17.8 Å². The van der Waals surface area contributed by atoms with E-state index in [1.165, 1.54) is 16.7 Å². The van der Waals surface area contributed by atoms with Crippen LogP contribution in [0.1, 0.15) is 74.2 Å². The Morgan fingerprint density at radius 2 is 1.32 bits per heavy atom. The molecule has 0 saturated heterocycles. The topological polar surface area (TPSA) is 26.3 Å². The quantitative estimate of drug-likeness (QED) is 0.430. The van der Waals surface area contributed by atoms with E-state index in [0.717, 1.165) is 36.9 Å². The van der Waals surface area contributed by atoms with Crippen molar-refractivity contribution in [3.8, 4) is 5.75 Å². The molecule has 2 heteroatoms. The molecule has 0 fully saturated rings. The Morgan fingerprint density at radius 1 is 0.786 bits per heavy atom. The number of aldehydes is 1. The largest absolute Gasteiger partial charge is 0.488 e. The number of hydrogen-bond acceptors (Lipinski definition) is 2. The molecular weight excluding hydrogens is 344 g/mol. The molecule has 2 rings (SSSR count). The van der Waals surface area contributed by atoms with Crippen molar-refractivity contribution in [1.29, 1.82) is 0 Å². The van der Waals surface area contributed by atoms with Crippen molar-refractivity contribution >= 4 is 6.29 Å². The maximum Gasteiger partial charge on any atom is 0.150 e. The van der Waals surface area contributed by atoms with Gasteiger partial charge in [0.05, 0.1) is 0 Å². The van der Waals surface area contributed by atoms with Gasteiger partial charge in [-0.25, -0.2) is 0 Å². The van der Waals surface area contributed by atoms with E-state index >= 15 is 0 Å². The first-order valence-electron chi connectivity index (χ1n) is 10.6. The molecule has 2 aromatic carbocycles. The van der Waals surface area contributed by atoms with Crippen LogP contribution in [0.25, 0.3) is 0 Å². The van der Waals surface area contributed by atoms with Crippen LogP contribution in [0.15, 0.2) is 36.4 Å². The Labute approximate surface area is 171 Å². The molecule has 0 saturated carbocycles. The van der Waals surface area contributed by atoms with Gasteiger partial charge in [0, 0.05) is 5.56 Å². The normalized spacial score (nSPS) is 11.5. The molecule has 2 aromatic rings. The fourth-order valence-electron chi connectivity index (χ4n) is 3.71. The zero-order valence-electron chi connectivity index (χ0n) is 18.4. The van der Waals surface area contributed by atoms with Gasteiger partial charge in [-0.3, -0.25) is 4.79 Å². The van der Waals surface area contributed by atoms with Gasteiger partial charge >= 0.3 is 0 Å². The maximum absolute atomic E-state index is 11.4.